The van der Waals surface area contributed by atoms with E-state index in [2.05, 4.69) is 9.97 Å². The molecule has 4 rings (SSSR count). The lowest BCUT2D eigenvalue weighted by molar-refractivity contribution is 0.0691. The van der Waals surface area contributed by atoms with E-state index in [0.717, 1.165) is 0 Å². The number of ether oxygens (including phenoxy) is 2. The smallest absolute Gasteiger partial charge is 0.274 e. The summed E-state index contributed by atoms with van der Waals surface area (Å²) in [6.45, 7) is 1.84. The molecule has 0 N–H and O–H groups in total. The standard InChI is InChI=1S/C17H18N4O5S/c22-17(14-12-18-3-4-19-14)20-5-7-21(8-6-20)27(23,24)13-1-2-15-16(11-13)26-10-9-25-15/h1-4,11-12H,5-10H2. The van der Waals surface area contributed by atoms with Gasteiger partial charge in [-0.2, -0.15) is 4.31 Å². The van der Waals surface area contributed by atoms with Gasteiger partial charge in [-0.1, -0.05) is 0 Å². The highest BCUT2D eigenvalue weighted by Gasteiger charge is 2.31. The Hall–Kier alpha value is -2.72. The zero-order valence-electron chi connectivity index (χ0n) is 14.4. The Morgan fingerprint density at radius 2 is 1.74 bits per heavy atom. The fourth-order valence-electron chi connectivity index (χ4n) is 3.04. The van der Waals surface area contributed by atoms with Crippen LogP contribution in [0.15, 0.2) is 41.7 Å². The van der Waals surface area contributed by atoms with Crippen LogP contribution in [0.1, 0.15) is 10.5 Å². The van der Waals surface area contributed by atoms with Crippen LogP contribution in [0, 0.1) is 0 Å². The Bertz CT molecular complexity index is 943. The highest BCUT2D eigenvalue weighted by molar-refractivity contribution is 7.89. The maximum atomic E-state index is 12.9. The molecule has 2 aliphatic rings. The quantitative estimate of drug-likeness (QED) is 0.747. The van der Waals surface area contributed by atoms with E-state index in [0.29, 0.717) is 37.8 Å². The average molecular weight is 390 g/mol. The maximum absolute atomic E-state index is 12.9. The number of rotatable bonds is 3. The molecular formula is C17H18N4O5S. The summed E-state index contributed by atoms with van der Waals surface area (Å²) < 4.78 is 38.1. The molecule has 0 atom stereocenters. The summed E-state index contributed by atoms with van der Waals surface area (Å²) in [4.78, 5) is 22.0. The highest BCUT2D eigenvalue weighted by Crippen LogP contribution is 2.33. The number of fused-ring (bicyclic) bond motifs is 1. The molecule has 0 spiro atoms. The normalized spacial score (nSPS) is 17.6. The van der Waals surface area contributed by atoms with Crippen molar-refractivity contribution >= 4 is 15.9 Å². The number of amides is 1. The van der Waals surface area contributed by atoms with Gasteiger partial charge in [-0.15, -0.1) is 0 Å². The first-order valence-corrected chi connectivity index (χ1v) is 9.95. The largest absolute Gasteiger partial charge is 0.486 e. The van der Waals surface area contributed by atoms with Crippen LogP contribution in [0.4, 0.5) is 0 Å². The summed E-state index contributed by atoms with van der Waals surface area (Å²) in [7, 11) is -3.68. The maximum Gasteiger partial charge on any atom is 0.274 e. The molecule has 0 bridgehead atoms. The van der Waals surface area contributed by atoms with Gasteiger partial charge >= 0.3 is 0 Å². The Kier molecular flexibility index (Phi) is 4.66. The van der Waals surface area contributed by atoms with Crippen molar-refractivity contribution in [1.29, 1.82) is 0 Å². The monoisotopic (exact) mass is 390 g/mol. The summed E-state index contributed by atoms with van der Waals surface area (Å²) in [6.07, 6.45) is 4.35. The Morgan fingerprint density at radius 3 is 2.44 bits per heavy atom. The van der Waals surface area contributed by atoms with Crippen molar-refractivity contribution < 1.29 is 22.7 Å². The molecule has 2 aromatic rings. The van der Waals surface area contributed by atoms with Gasteiger partial charge in [0, 0.05) is 44.6 Å². The highest BCUT2D eigenvalue weighted by atomic mass is 32.2. The second-order valence-corrected chi connectivity index (χ2v) is 8.03. The van der Waals surface area contributed by atoms with Crippen molar-refractivity contribution in [3.05, 3.63) is 42.5 Å². The number of aromatic nitrogens is 2. The Morgan fingerprint density at radius 1 is 1.00 bits per heavy atom. The third kappa shape index (κ3) is 3.45. The van der Waals surface area contributed by atoms with Gasteiger partial charge in [0.1, 0.15) is 18.9 Å². The lowest BCUT2D eigenvalue weighted by Crippen LogP contribution is -2.50. The minimum atomic E-state index is -3.68. The predicted octanol–water partition coefficient (Wildman–Crippen LogP) is 0.394. The van der Waals surface area contributed by atoms with Gasteiger partial charge in [0.05, 0.1) is 11.1 Å². The molecule has 142 valence electrons. The fraction of sp³-hybridized carbons (Fsp3) is 0.353. The summed E-state index contributed by atoms with van der Waals surface area (Å²) in [6, 6.07) is 4.61. The lowest BCUT2D eigenvalue weighted by Gasteiger charge is -2.33. The number of sulfonamides is 1. The summed E-state index contributed by atoms with van der Waals surface area (Å²) in [5, 5.41) is 0. The molecule has 3 heterocycles. The zero-order chi connectivity index (χ0) is 18.9. The van der Waals surface area contributed by atoms with Gasteiger partial charge in [0.25, 0.3) is 5.91 Å². The van der Waals surface area contributed by atoms with Crippen molar-refractivity contribution in [1.82, 2.24) is 19.2 Å². The first-order valence-electron chi connectivity index (χ1n) is 8.51. The molecule has 1 aromatic heterocycles. The van der Waals surface area contributed by atoms with Gasteiger partial charge in [-0.25, -0.2) is 13.4 Å². The van der Waals surface area contributed by atoms with Crippen molar-refractivity contribution in [3.8, 4) is 11.5 Å². The Balaban J connectivity index is 1.46. The molecule has 2 aliphatic heterocycles. The van der Waals surface area contributed by atoms with E-state index in [1.165, 1.54) is 35.0 Å². The number of nitrogens with zero attached hydrogens (tertiary/aromatic N) is 4. The third-order valence-corrected chi connectivity index (χ3v) is 6.35. The van der Waals surface area contributed by atoms with E-state index < -0.39 is 10.0 Å². The van der Waals surface area contributed by atoms with Crippen molar-refractivity contribution in [2.75, 3.05) is 39.4 Å². The van der Waals surface area contributed by atoms with Crippen LogP contribution in [0.3, 0.4) is 0 Å². The third-order valence-electron chi connectivity index (χ3n) is 4.46. The molecule has 1 amide bonds. The molecule has 0 aliphatic carbocycles. The van der Waals surface area contributed by atoms with Crippen LogP contribution in [-0.4, -0.2) is 72.9 Å². The summed E-state index contributed by atoms with van der Waals surface area (Å²) in [5.41, 5.74) is 0.251. The molecule has 1 saturated heterocycles. The van der Waals surface area contributed by atoms with Crippen LogP contribution in [0.2, 0.25) is 0 Å². The molecule has 1 fully saturated rings. The molecule has 10 heteroatoms. The van der Waals surface area contributed by atoms with E-state index in [1.54, 1.807) is 11.0 Å². The molecule has 0 saturated carbocycles. The predicted molar refractivity (Wildman–Crippen MR) is 94.1 cm³/mol. The van der Waals surface area contributed by atoms with Gasteiger partial charge in [-0.3, -0.25) is 9.78 Å². The molecule has 0 radical (unpaired) electrons. The SMILES string of the molecule is O=C(c1cnccn1)N1CCN(S(=O)(=O)c2ccc3c(c2)OCCO3)CC1. The molecule has 1 aromatic carbocycles. The molecular weight excluding hydrogens is 372 g/mol. The van der Waals surface area contributed by atoms with Crippen LogP contribution < -0.4 is 9.47 Å². The van der Waals surface area contributed by atoms with E-state index in [1.807, 2.05) is 0 Å². The van der Waals surface area contributed by atoms with Crippen LogP contribution in [0.25, 0.3) is 0 Å². The van der Waals surface area contributed by atoms with E-state index in [4.69, 9.17) is 9.47 Å². The summed E-state index contributed by atoms with van der Waals surface area (Å²) in [5.74, 6) is 0.720. The average Bonchev–Trinajstić information content (AvgIpc) is 2.73. The fourth-order valence-corrected chi connectivity index (χ4v) is 4.47. The zero-order valence-corrected chi connectivity index (χ0v) is 15.3. The lowest BCUT2D eigenvalue weighted by atomic mass is 10.3. The minimum absolute atomic E-state index is 0.153. The first kappa shape index (κ1) is 17.7. The van der Waals surface area contributed by atoms with E-state index in [-0.39, 0.29) is 29.6 Å². The number of benzene rings is 1. The second kappa shape index (κ2) is 7.12. The van der Waals surface area contributed by atoms with Gasteiger partial charge in [0.15, 0.2) is 11.5 Å². The van der Waals surface area contributed by atoms with Gasteiger partial charge < -0.3 is 14.4 Å². The van der Waals surface area contributed by atoms with E-state index >= 15 is 0 Å². The summed E-state index contributed by atoms with van der Waals surface area (Å²) >= 11 is 0. The number of carbonyl (C=O) groups is 1. The number of carbonyl (C=O) groups excluding carboxylic acids is 1. The minimum Gasteiger partial charge on any atom is -0.486 e. The van der Waals surface area contributed by atoms with Crippen molar-refractivity contribution in [2.45, 2.75) is 4.90 Å². The molecule has 0 unspecified atom stereocenters. The number of hydrogen-bond donors (Lipinski definition) is 0. The van der Waals surface area contributed by atoms with Crippen molar-refractivity contribution in [2.24, 2.45) is 0 Å². The van der Waals surface area contributed by atoms with Crippen LogP contribution >= 0.6 is 0 Å². The Labute approximate surface area is 156 Å². The van der Waals surface area contributed by atoms with E-state index in [9.17, 15) is 13.2 Å². The second-order valence-electron chi connectivity index (χ2n) is 6.09. The first-order chi connectivity index (χ1) is 13.1. The topological polar surface area (TPSA) is 102 Å². The number of hydrogen-bond acceptors (Lipinski definition) is 7. The van der Waals surface area contributed by atoms with Gasteiger partial charge in [0.2, 0.25) is 10.0 Å². The van der Waals surface area contributed by atoms with Crippen LogP contribution in [-0.2, 0) is 10.0 Å². The van der Waals surface area contributed by atoms with Gasteiger partial charge in [-0.05, 0) is 12.1 Å². The van der Waals surface area contributed by atoms with Crippen molar-refractivity contribution in [3.63, 3.8) is 0 Å². The molecule has 27 heavy (non-hydrogen) atoms. The number of piperazine rings is 1. The van der Waals surface area contributed by atoms with Crippen LogP contribution in [0.5, 0.6) is 11.5 Å². The molecule has 9 nitrogen and oxygen atoms in total.